The molecule has 8 nitrogen and oxygen atoms in total. The van der Waals surface area contributed by atoms with Crippen LogP contribution < -0.4 is 10.1 Å². The molecule has 154 valence electrons. The number of aromatic amines is 1. The van der Waals surface area contributed by atoms with Crippen LogP contribution in [0.3, 0.4) is 0 Å². The van der Waals surface area contributed by atoms with Gasteiger partial charge in [0.1, 0.15) is 0 Å². The number of pyridine rings is 1. The molecule has 1 aliphatic rings. The highest BCUT2D eigenvalue weighted by Crippen LogP contribution is 2.42. The molecule has 1 amide bonds. The van der Waals surface area contributed by atoms with Crippen molar-refractivity contribution in [2.75, 3.05) is 0 Å². The van der Waals surface area contributed by atoms with Gasteiger partial charge in [0.25, 0.3) is 11.6 Å². The molecule has 2 aromatic carbocycles. The number of carbonyl (C=O) groups excluding carboxylic acids is 2. The lowest BCUT2D eigenvalue weighted by Gasteiger charge is -2.27. The average molecular weight is 415 g/mol. The van der Waals surface area contributed by atoms with Crippen molar-refractivity contribution in [2.45, 2.75) is 12.6 Å². The number of nitrogens with one attached hydrogen (secondary N) is 1. The first kappa shape index (κ1) is 20.0. The van der Waals surface area contributed by atoms with Crippen LogP contribution in [0.25, 0.3) is 5.76 Å². The Bertz CT molecular complexity index is 1190. The number of likely N-dealkylation sites (tertiary alicyclic amines) is 1. The van der Waals surface area contributed by atoms with Gasteiger partial charge in [0.2, 0.25) is 5.78 Å². The Morgan fingerprint density at radius 2 is 1.71 bits per heavy atom. The Morgan fingerprint density at radius 3 is 2.39 bits per heavy atom. The molecule has 0 radical (unpaired) electrons. The first-order valence-corrected chi connectivity index (χ1v) is 9.49. The Morgan fingerprint density at radius 1 is 1.00 bits per heavy atom. The Labute approximate surface area is 177 Å². The number of aromatic nitrogens is 1. The number of para-hydroxylation sites is 1. The van der Waals surface area contributed by atoms with E-state index < -0.39 is 28.4 Å². The fourth-order valence-electron chi connectivity index (χ4n) is 3.71. The molecule has 1 aliphatic heterocycles. The first-order chi connectivity index (χ1) is 15.0. The third-order valence-corrected chi connectivity index (χ3v) is 5.12. The minimum absolute atomic E-state index is 0.00416. The van der Waals surface area contributed by atoms with Crippen LogP contribution >= 0.6 is 0 Å². The van der Waals surface area contributed by atoms with E-state index in [1.807, 2.05) is 0 Å². The fraction of sp³-hybridized carbons (Fsp3) is 0.0870. The molecule has 1 aromatic heterocycles. The summed E-state index contributed by atoms with van der Waals surface area (Å²) in [6.07, 6.45) is 3.35. The molecule has 1 atom stereocenters. The lowest BCUT2D eigenvalue weighted by Crippen LogP contribution is -2.30. The molecule has 1 unspecified atom stereocenters. The van der Waals surface area contributed by atoms with Crippen LogP contribution in [0.5, 0.6) is 0 Å². The average Bonchev–Trinajstić information content (AvgIpc) is 3.04. The summed E-state index contributed by atoms with van der Waals surface area (Å²) < 4.78 is 0. The predicted molar refractivity (Wildman–Crippen MR) is 108 cm³/mol. The molecule has 8 heteroatoms. The van der Waals surface area contributed by atoms with Crippen molar-refractivity contribution in [3.63, 3.8) is 0 Å². The SMILES string of the molecule is O=C1C(=O)N(Cc2ccc[nH+]c2)C(c2ccccc2[N+](=O)[O-])/C1=C(\[O-])c1ccccc1. The van der Waals surface area contributed by atoms with Gasteiger partial charge in [0.15, 0.2) is 12.4 Å². The van der Waals surface area contributed by atoms with Crippen molar-refractivity contribution in [3.05, 3.63) is 112 Å². The number of ketones is 1. The molecule has 2 heterocycles. The van der Waals surface area contributed by atoms with Crippen molar-refractivity contribution in [1.29, 1.82) is 0 Å². The summed E-state index contributed by atoms with van der Waals surface area (Å²) in [4.78, 5) is 41.1. The Hall–Kier alpha value is -4.33. The van der Waals surface area contributed by atoms with Gasteiger partial charge in [-0.15, -0.1) is 0 Å². The van der Waals surface area contributed by atoms with Crippen molar-refractivity contribution in [2.24, 2.45) is 0 Å². The van der Waals surface area contributed by atoms with Crippen LogP contribution in [0.4, 0.5) is 5.69 Å². The second kappa shape index (κ2) is 8.19. The number of benzene rings is 2. The molecular formula is C23H17N3O5. The topological polar surface area (TPSA) is 118 Å². The summed E-state index contributed by atoms with van der Waals surface area (Å²) in [6.45, 7) is 0.00416. The molecular weight excluding hydrogens is 398 g/mol. The standard InChI is InChI=1S/C23H17N3O5/c27-21(16-8-2-1-3-9-16)19-20(17-10-4-5-11-18(17)26(30)31)25(23(29)22(19)28)14-15-7-6-12-24-13-15/h1-13,20,27H,14H2/b21-19+. The van der Waals surface area contributed by atoms with Crippen LogP contribution in [0.15, 0.2) is 84.7 Å². The number of hydrogen-bond donors (Lipinski definition) is 0. The Kier molecular flexibility index (Phi) is 5.28. The summed E-state index contributed by atoms with van der Waals surface area (Å²) in [7, 11) is 0. The van der Waals surface area contributed by atoms with Gasteiger partial charge < -0.3 is 10.0 Å². The molecule has 0 saturated carbocycles. The highest BCUT2D eigenvalue weighted by Gasteiger charge is 2.46. The first-order valence-electron chi connectivity index (χ1n) is 9.49. The second-order valence-corrected chi connectivity index (χ2v) is 7.00. The maximum atomic E-state index is 13.3. The molecule has 0 aliphatic carbocycles. The second-order valence-electron chi connectivity index (χ2n) is 7.00. The molecule has 0 spiro atoms. The Balaban J connectivity index is 1.93. The smallest absolute Gasteiger partial charge is 0.295 e. The van der Waals surface area contributed by atoms with Gasteiger partial charge in [-0.25, -0.2) is 4.98 Å². The number of nitro benzene ring substituents is 1. The van der Waals surface area contributed by atoms with Gasteiger partial charge in [0.05, 0.1) is 23.1 Å². The zero-order valence-corrected chi connectivity index (χ0v) is 16.2. The van der Waals surface area contributed by atoms with Crippen LogP contribution in [-0.2, 0) is 16.1 Å². The van der Waals surface area contributed by atoms with Crippen molar-refractivity contribution < 1.29 is 24.6 Å². The van der Waals surface area contributed by atoms with E-state index in [1.54, 1.807) is 60.9 Å². The number of nitrogens with zero attached hydrogens (tertiary/aromatic N) is 2. The third-order valence-electron chi connectivity index (χ3n) is 5.12. The van der Waals surface area contributed by atoms with Crippen LogP contribution in [0.1, 0.15) is 22.7 Å². The monoisotopic (exact) mass is 415 g/mol. The van der Waals surface area contributed by atoms with Crippen LogP contribution in [0, 0.1) is 10.1 Å². The lowest BCUT2D eigenvalue weighted by atomic mass is 9.94. The molecule has 31 heavy (non-hydrogen) atoms. The van der Waals surface area contributed by atoms with E-state index >= 15 is 0 Å². The van der Waals surface area contributed by atoms with Gasteiger partial charge in [-0.05, 0) is 17.7 Å². The third kappa shape index (κ3) is 3.66. The minimum Gasteiger partial charge on any atom is -0.872 e. The van der Waals surface area contributed by atoms with Gasteiger partial charge in [-0.3, -0.25) is 19.7 Å². The summed E-state index contributed by atoms with van der Waals surface area (Å²) in [6, 6.07) is 16.2. The summed E-state index contributed by atoms with van der Waals surface area (Å²) >= 11 is 0. The molecule has 3 aromatic rings. The van der Waals surface area contributed by atoms with E-state index in [9.17, 15) is 24.8 Å². The van der Waals surface area contributed by atoms with Crippen molar-refractivity contribution in [1.82, 2.24) is 4.90 Å². The summed E-state index contributed by atoms with van der Waals surface area (Å²) in [5.41, 5.74) is 0.479. The number of amides is 1. The number of H-pyrrole nitrogens is 1. The van der Waals surface area contributed by atoms with Crippen molar-refractivity contribution >= 4 is 23.1 Å². The van der Waals surface area contributed by atoms with E-state index in [0.717, 1.165) is 0 Å². The van der Waals surface area contributed by atoms with E-state index in [4.69, 9.17) is 0 Å². The van der Waals surface area contributed by atoms with Crippen LogP contribution in [0.2, 0.25) is 0 Å². The van der Waals surface area contributed by atoms with E-state index in [-0.39, 0.29) is 28.9 Å². The fourth-order valence-corrected chi connectivity index (χ4v) is 3.71. The molecule has 1 fully saturated rings. The van der Waals surface area contributed by atoms with Crippen LogP contribution in [-0.4, -0.2) is 21.5 Å². The quantitative estimate of drug-likeness (QED) is 0.207. The lowest BCUT2D eigenvalue weighted by molar-refractivity contribution is -0.385. The molecule has 4 rings (SSSR count). The molecule has 0 bridgehead atoms. The van der Waals surface area contributed by atoms with E-state index in [0.29, 0.717) is 5.56 Å². The van der Waals surface area contributed by atoms with E-state index in [2.05, 4.69) is 4.98 Å². The number of rotatable bonds is 5. The number of hydrogen-bond acceptors (Lipinski definition) is 5. The minimum atomic E-state index is -1.17. The maximum absolute atomic E-state index is 13.3. The number of carbonyl (C=O) groups is 2. The zero-order chi connectivity index (χ0) is 22.0. The maximum Gasteiger partial charge on any atom is 0.295 e. The summed E-state index contributed by atoms with van der Waals surface area (Å²) in [5, 5.41) is 24.9. The molecule has 1 N–H and O–H groups in total. The highest BCUT2D eigenvalue weighted by molar-refractivity contribution is 6.46. The number of nitro groups is 1. The highest BCUT2D eigenvalue weighted by atomic mass is 16.6. The van der Waals surface area contributed by atoms with E-state index in [1.165, 1.54) is 23.1 Å². The predicted octanol–water partition coefficient (Wildman–Crippen LogP) is 1.83. The largest absolute Gasteiger partial charge is 0.872 e. The normalized spacial score (nSPS) is 17.7. The summed E-state index contributed by atoms with van der Waals surface area (Å²) in [5.74, 6) is -2.44. The van der Waals surface area contributed by atoms with Gasteiger partial charge in [-0.2, -0.15) is 0 Å². The van der Waals surface area contributed by atoms with Gasteiger partial charge >= 0.3 is 0 Å². The van der Waals surface area contributed by atoms with Crippen molar-refractivity contribution in [3.8, 4) is 0 Å². The van der Waals surface area contributed by atoms with Gasteiger partial charge in [0, 0.05) is 23.3 Å². The number of Topliss-reactive ketones (excluding diaryl/α,β-unsaturated/α-hetero) is 1. The van der Waals surface area contributed by atoms with Gasteiger partial charge in [-0.1, -0.05) is 48.2 Å². The molecule has 1 saturated heterocycles. The zero-order valence-electron chi connectivity index (χ0n) is 16.2.